The van der Waals surface area contributed by atoms with Crippen LogP contribution in [-0.4, -0.2) is 45.4 Å². The molecule has 29 heavy (non-hydrogen) atoms. The Hall–Kier alpha value is -1.74. The van der Waals surface area contributed by atoms with E-state index in [-0.39, 0.29) is 30.1 Å². The van der Waals surface area contributed by atoms with Crippen LogP contribution >= 0.6 is 24.0 Å². The fourth-order valence-electron chi connectivity index (χ4n) is 3.33. The van der Waals surface area contributed by atoms with Crippen LogP contribution in [0.15, 0.2) is 46.0 Å². The number of nitrogens with zero attached hydrogens (tertiary/aromatic N) is 1. The molecule has 2 heterocycles. The molecule has 6 nitrogen and oxygen atoms in total. The van der Waals surface area contributed by atoms with Crippen LogP contribution in [0, 0.1) is 6.92 Å². The summed E-state index contributed by atoms with van der Waals surface area (Å²) in [5.41, 5.74) is 2.43. The van der Waals surface area contributed by atoms with Gasteiger partial charge in [0, 0.05) is 26.1 Å². The molecule has 7 heteroatoms. The maximum atomic E-state index is 5.69. The van der Waals surface area contributed by atoms with Crippen molar-refractivity contribution in [1.29, 1.82) is 0 Å². The van der Waals surface area contributed by atoms with Crippen LogP contribution < -0.4 is 15.4 Å². The lowest BCUT2D eigenvalue weighted by Gasteiger charge is -2.15. The minimum Gasteiger partial charge on any atom is -0.496 e. The van der Waals surface area contributed by atoms with Gasteiger partial charge in [0.15, 0.2) is 5.96 Å². The predicted molar refractivity (Wildman–Crippen MR) is 127 cm³/mol. The van der Waals surface area contributed by atoms with Gasteiger partial charge in [0.05, 0.1) is 26.0 Å². The smallest absolute Gasteiger partial charge is 0.191 e. The number of guanidine groups is 1. The van der Waals surface area contributed by atoms with Crippen molar-refractivity contribution in [3.05, 3.63) is 53.5 Å². The Morgan fingerprint density at radius 1 is 1.21 bits per heavy atom. The Morgan fingerprint density at radius 2 is 2.03 bits per heavy atom. The lowest BCUT2D eigenvalue weighted by atomic mass is 10.1. The number of rotatable bonds is 9. The molecule has 0 spiro atoms. The van der Waals surface area contributed by atoms with Gasteiger partial charge < -0.3 is 24.5 Å². The van der Waals surface area contributed by atoms with E-state index >= 15 is 0 Å². The lowest BCUT2D eigenvalue weighted by molar-refractivity contribution is 0.117. The molecule has 2 N–H and O–H groups in total. The standard InChI is InChI=1S/C22H31N3O3.HI/c1-17-7-8-21(26-2)18(15-17)9-11-23-22(25-16-20-6-4-14-28-20)24-12-10-19-5-3-13-27-19;/h3,5,7-8,13,15,20H,4,6,9-12,14,16H2,1-2H3,(H2,23,24,25);1H. The van der Waals surface area contributed by atoms with Crippen LogP contribution in [0.4, 0.5) is 0 Å². The van der Waals surface area contributed by atoms with Crippen molar-refractivity contribution in [3.63, 3.8) is 0 Å². The highest BCUT2D eigenvalue weighted by molar-refractivity contribution is 14.0. The minimum atomic E-state index is 0. The maximum Gasteiger partial charge on any atom is 0.191 e. The first-order chi connectivity index (χ1) is 13.7. The fraction of sp³-hybridized carbons (Fsp3) is 0.500. The van der Waals surface area contributed by atoms with Gasteiger partial charge in [-0.1, -0.05) is 17.7 Å². The summed E-state index contributed by atoms with van der Waals surface area (Å²) in [4.78, 5) is 4.72. The second kappa shape index (κ2) is 12.7. The molecule has 160 valence electrons. The van der Waals surface area contributed by atoms with Crippen molar-refractivity contribution >= 4 is 29.9 Å². The molecule has 1 aromatic carbocycles. The molecule has 0 bridgehead atoms. The number of methoxy groups -OCH3 is 1. The molecule has 1 saturated heterocycles. The van der Waals surface area contributed by atoms with Crippen molar-refractivity contribution in [2.75, 3.05) is 33.4 Å². The Labute approximate surface area is 190 Å². The zero-order chi connectivity index (χ0) is 19.6. The Morgan fingerprint density at radius 3 is 2.72 bits per heavy atom. The Bertz CT molecular complexity index is 744. The number of benzene rings is 1. The molecular weight excluding hydrogens is 481 g/mol. The van der Waals surface area contributed by atoms with E-state index in [4.69, 9.17) is 18.9 Å². The molecule has 1 atom stereocenters. The van der Waals surface area contributed by atoms with Gasteiger partial charge >= 0.3 is 0 Å². The average molecular weight is 513 g/mol. The summed E-state index contributed by atoms with van der Waals surface area (Å²) in [6.07, 6.45) is 5.84. The third-order valence-electron chi connectivity index (χ3n) is 4.84. The van der Waals surface area contributed by atoms with Crippen molar-refractivity contribution in [2.45, 2.75) is 38.7 Å². The molecule has 1 aliphatic rings. The first-order valence-corrected chi connectivity index (χ1v) is 10.0. The summed E-state index contributed by atoms with van der Waals surface area (Å²) in [5.74, 6) is 2.71. The molecule has 0 saturated carbocycles. The SMILES string of the molecule is COc1ccc(C)cc1CCNC(=NCC1CCCO1)NCCc1ccco1.I. The minimum absolute atomic E-state index is 0. The molecule has 2 aromatic rings. The van der Waals surface area contributed by atoms with Crippen LogP contribution in [-0.2, 0) is 17.6 Å². The highest BCUT2D eigenvalue weighted by atomic mass is 127. The third kappa shape index (κ3) is 7.89. The molecule has 1 aromatic heterocycles. The van der Waals surface area contributed by atoms with Crippen molar-refractivity contribution < 1.29 is 13.9 Å². The monoisotopic (exact) mass is 513 g/mol. The molecule has 1 unspecified atom stereocenters. The Kier molecular flexibility index (Phi) is 10.3. The van der Waals surface area contributed by atoms with Crippen molar-refractivity contribution in [1.82, 2.24) is 10.6 Å². The average Bonchev–Trinajstić information content (AvgIpc) is 3.40. The maximum absolute atomic E-state index is 5.69. The fourth-order valence-corrected chi connectivity index (χ4v) is 3.33. The third-order valence-corrected chi connectivity index (χ3v) is 4.84. The first-order valence-electron chi connectivity index (χ1n) is 10.0. The molecule has 1 aliphatic heterocycles. The molecule has 3 rings (SSSR count). The Balaban J connectivity index is 0.00000300. The number of nitrogens with one attached hydrogen (secondary N) is 2. The van der Waals surface area contributed by atoms with E-state index in [9.17, 15) is 0 Å². The summed E-state index contributed by atoms with van der Waals surface area (Å²) < 4.78 is 16.6. The number of aryl methyl sites for hydroxylation is 1. The summed E-state index contributed by atoms with van der Waals surface area (Å²) in [7, 11) is 1.71. The van der Waals surface area contributed by atoms with E-state index in [1.807, 2.05) is 18.2 Å². The lowest BCUT2D eigenvalue weighted by Crippen LogP contribution is -2.40. The van der Waals surface area contributed by atoms with E-state index in [1.54, 1.807) is 13.4 Å². The number of furan rings is 1. The number of hydrogen-bond donors (Lipinski definition) is 2. The second-order valence-corrected chi connectivity index (χ2v) is 7.07. The highest BCUT2D eigenvalue weighted by Crippen LogP contribution is 2.19. The van der Waals surface area contributed by atoms with Gasteiger partial charge in [0.1, 0.15) is 11.5 Å². The molecule has 1 fully saturated rings. The number of ether oxygens (including phenoxy) is 2. The number of halogens is 1. The molecule has 0 radical (unpaired) electrons. The second-order valence-electron chi connectivity index (χ2n) is 7.07. The van der Waals surface area contributed by atoms with Crippen molar-refractivity contribution in [3.8, 4) is 5.75 Å². The zero-order valence-corrected chi connectivity index (χ0v) is 19.6. The van der Waals surface area contributed by atoms with Gasteiger partial charge in [-0.05, 0) is 49.9 Å². The van der Waals surface area contributed by atoms with Crippen molar-refractivity contribution in [2.24, 2.45) is 4.99 Å². The summed E-state index contributed by atoms with van der Waals surface area (Å²) in [6, 6.07) is 10.2. The van der Waals surface area contributed by atoms with E-state index in [2.05, 4.69) is 29.7 Å². The molecule has 0 aliphatic carbocycles. The van der Waals surface area contributed by atoms with Crippen LogP contribution in [0.3, 0.4) is 0 Å². The quantitative estimate of drug-likeness (QED) is 0.304. The van der Waals surface area contributed by atoms with Gasteiger partial charge in [0.25, 0.3) is 0 Å². The topological polar surface area (TPSA) is 68.0 Å². The van der Waals surface area contributed by atoms with E-state index < -0.39 is 0 Å². The first kappa shape index (κ1) is 23.5. The summed E-state index contributed by atoms with van der Waals surface area (Å²) in [6.45, 7) is 5.17. The van der Waals surface area contributed by atoms with E-state index in [1.165, 1.54) is 11.1 Å². The van der Waals surface area contributed by atoms with E-state index in [0.29, 0.717) is 6.54 Å². The largest absolute Gasteiger partial charge is 0.496 e. The van der Waals surface area contributed by atoms with Gasteiger partial charge in [0.2, 0.25) is 0 Å². The molecular formula is C22H32IN3O3. The normalized spacial score (nSPS) is 16.3. The zero-order valence-electron chi connectivity index (χ0n) is 17.3. The van der Waals surface area contributed by atoms with Gasteiger partial charge in [-0.2, -0.15) is 0 Å². The number of aliphatic imine (C=N–C) groups is 1. The van der Waals surface area contributed by atoms with Crippen LogP contribution in [0.25, 0.3) is 0 Å². The van der Waals surface area contributed by atoms with Gasteiger partial charge in [-0.25, -0.2) is 0 Å². The summed E-state index contributed by atoms with van der Waals surface area (Å²) >= 11 is 0. The predicted octanol–water partition coefficient (Wildman–Crippen LogP) is 3.71. The highest BCUT2D eigenvalue weighted by Gasteiger charge is 2.15. The van der Waals surface area contributed by atoms with E-state index in [0.717, 1.165) is 62.8 Å². The van der Waals surface area contributed by atoms with Crippen LogP contribution in [0.5, 0.6) is 5.75 Å². The summed E-state index contributed by atoms with van der Waals surface area (Å²) in [5, 5.41) is 6.84. The number of hydrogen-bond acceptors (Lipinski definition) is 4. The molecule has 0 amide bonds. The van der Waals surface area contributed by atoms with Crippen LogP contribution in [0.2, 0.25) is 0 Å². The van der Waals surface area contributed by atoms with Gasteiger partial charge in [-0.3, -0.25) is 4.99 Å². The van der Waals surface area contributed by atoms with Gasteiger partial charge in [-0.15, -0.1) is 24.0 Å². The van der Waals surface area contributed by atoms with Crippen LogP contribution in [0.1, 0.15) is 29.7 Å².